The van der Waals surface area contributed by atoms with Gasteiger partial charge < -0.3 is 11.6 Å². The third-order valence-corrected chi connectivity index (χ3v) is 0.505. The predicted molar refractivity (Wildman–Crippen MR) is 30.3 cm³/mol. The summed E-state index contributed by atoms with van der Waals surface area (Å²) in [4.78, 5) is 8.90. The number of aliphatic hydroxyl groups excluding tert-OH is 2. The van der Waals surface area contributed by atoms with Crippen LogP contribution in [0.2, 0.25) is 0 Å². The second-order valence-electron chi connectivity index (χ2n) is 1.23. The SMILES string of the molecule is OCCONOCCO.[H-].[Na+]. The number of hydrogen-bond acceptors (Lipinski definition) is 5. The first-order valence-corrected chi connectivity index (χ1v) is 2.62. The Balaban J connectivity index is -0.000000320. The maximum absolute atomic E-state index is 8.15. The van der Waals surface area contributed by atoms with Crippen molar-refractivity contribution in [3.05, 3.63) is 0 Å². The Morgan fingerprint density at radius 1 is 1.10 bits per heavy atom. The van der Waals surface area contributed by atoms with Crippen molar-refractivity contribution in [3.63, 3.8) is 0 Å². The van der Waals surface area contributed by atoms with Crippen LogP contribution in [-0.4, -0.2) is 36.6 Å². The molecule has 0 fully saturated rings. The Morgan fingerprint density at radius 3 is 1.80 bits per heavy atom. The fourth-order valence-corrected chi connectivity index (χ4v) is 0.216. The minimum atomic E-state index is -0.0600. The molecule has 0 aliphatic carbocycles. The topological polar surface area (TPSA) is 71.0 Å². The van der Waals surface area contributed by atoms with Gasteiger partial charge in [-0.05, 0) is 0 Å². The van der Waals surface area contributed by atoms with Gasteiger partial charge in [-0.1, -0.05) is 5.64 Å². The molecule has 0 aromatic heterocycles. The van der Waals surface area contributed by atoms with E-state index in [9.17, 15) is 0 Å². The van der Waals surface area contributed by atoms with Crippen LogP contribution < -0.4 is 35.2 Å². The maximum Gasteiger partial charge on any atom is 1.00 e. The maximum atomic E-state index is 8.15. The van der Waals surface area contributed by atoms with Gasteiger partial charge in [-0.25, -0.2) is 0 Å². The van der Waals surface area contributed by atoms with E-state index in [2.05, 4.69) is 15.3 Å². The molecule has 0 unspecified atom stereocenters. The predicted octanol–water partition coefficient (Wildman–Crippen LogP) is -4.46. The molecular formula is C4H12NNaO4. The minimum Gasteiger partial charge on any atom is -1.00 e. The van der Waals surface area contributed by atoms with E-state index in [0.717, 1.165) is 0 Å². The van der Waals surface area contributed by atoms with Crippen molar-refractivity contribution in [2.24, 2.45) is 0 Å². The zero-order chi connectivity index (χ0) is 6.95. The molecule has 0 radical (unpaired) electrons. The molecule has 0 atom stereocenters. The third kappa shape index (κ3) is 11.6. The summed E-state index contributed by atoms with van der Waals surface area (Å²) in [5.74, 6) is 0. The molecule has 0 aromatic rings. The zero-order valence-corrected chi connectivity index (χ0v) is 8.04. The molecule has 0 spiro atoms. The van der Waals surface area contributed by atoms with Gasteiger partial charge in [0.05, 0.1) is 26.4 Å². The first-order valence-electron chi connectivity index (χ1n) is 2.62. The average molecular weight is 161 g/mol. The summed E-state index contributed by atoms with van der Waals surface area (Å²) >= 11 is 0. The number of rotatable bonds is 6. The van der Waals surface area contributed by atoms with Gasteiger partial charge in [0, 0.05) is 0 Å². The van der Waals surface area contributed by atoms with E-state index >= 15 is 0 Å². The normalized spacial score (nSPS) is 9.00. The van der Waals surface area contributed by atoms with E-state index in [-0.39, 0.29) is 57.4 Å². The summed E-state index contributed by atoms with van der Waals surface area (Å²) < 4.78 is 0. The van der Waals surface area contributed by atoms with Crippen molar-refractivity contribution in [1.82, 2.24) is 5.64 Å². The molecule has 0 saturated carbocycles. The van der Waals surface area contributed by atoms with Gasteiger partial charge in [0.2, 0.25) is 0 Å². The molecule has 3 N–H and O–H groups in total. The molecule has 0 bridgehead atoms. The molecular weight excluding hydrogens is 149 g/mol. The van der Waals surface area contributed by atoms with Gasteiger partial charge in [-0.15, -0.1) is 0 Å². The smallest absolute Gasteiger partial charge is 1.00 e. The number of nitrogens with one attached hydrogen (secondary N) is 1. The molecule has 10 heavy (non-hydrogen) atoms. The van der Waals surface area contributed by atoms with Crippen LogP contribution in [0.4, 0.5) is 0 Å². The van der Waals surface area contributed by atoms with E-state index in [4.69, 9.17) is 10.2 Å². The fourth-order valence-electron chi connectivity index (χ4n) is 0.216. The van der Waals surface area contributed by atoms with Crippen LogP contribution in [0.15, 0.2) is 0 Å². The Kier molecular flexibility index (Phi) is 16.7. The molecule has 0 aliphatic heterocycles. The van der Waals surface area contributed by atoms with Crippen molar-refractivity contribution in [2.45, 2.75) is 0 Å². The third-order valence-electron chi connectivity index (χ3n) is 0.505. The van der Waals surface area contributed by atoms with Crippen molar-refractivity contribution in [2.75, 3.05) is 26.4 Å². The molecule has 0 rings (SSSR count). The summed E-state index contributed by atoms with van der Waals surface area (Å²) in [5.41, 5.74) is 2.07. The van der Waals surface area contributed by atoms with E-state index < -0.39 is 0 Å². The molecule has 5 nitrogen and oxygen atoms in total. The van der Waals surface area contributed by atoms with Crippen LogP contribution >= 0.6 is 0 Å². The van der Waals surface area contributed by atoms with E-state index in [1.807, 2.05) is 0 Å². The van der Waals surface area contributed by atoms with Gasteiger partial charge in [-0.2, -0.15) is 0 Å². The average Bonchev–Trinajstić information content (AvgIpc) is 1.89. The molecule has 0 amide bonds. The Bertz CT molecular complexity index is 55.4. The first kappa shape index (κ1) is 13.4. The van der Waals surface area contributed by atoms with Crippen molar-refractivity contribution in [1.29, 1.82) is 0 Å². The summed E-state index contributed by atoms with van der Waals surface area (Å²) in [6.45, 7) is 0.224. The summed E-state index contributed by atoms with van der Waals surface area (Å²) in [6.07, 6.45) is 0. The Morgan fingerprint density at radius 2 is 1.50 bits per heavy atom. The monoisotopic (exact) mass is 161 g/mol. The van der Waals surface area contributed by atoms with Gasteiger partial charge >= 0.3 is 29.6 Å². The number of aliphatic hydroxyl groups is 2. The summed E-state index contributed by atoms with van der Waals surface area (Å²) in [6, 6.07) is 0. The molecule has 0 aromatic carbocycles. The minimum absolute atomic E-state index is 0. The van der Waals surface area contributed by atoms with Crippen molar-refractivity contribution in [3.8, 4) is 0 Å². The van der Waals surface area contributed by atoms with Crippen LogP contribution in [0.3, 0.4) is 0 Å². The van der Waals surface area contributed by atoms with Crippen LogP contribution in [0.1, 0.15) is 1.43 Å². The summed E-state index contributed by atoms with van der Waals surface area (Å²) in [5, 5.41) is 16.3. The zero-order valence-electron chi connectivity index (χ0n) is 7.04. The van der Waals surface area contributed by atoms with Crippen LogP contribution in [-0.2, 0) is 9.68 Å². The number of hydrogen-bond donors (Lipinski definition) is 3. The van der Waals surface area contributed by atoms with E-state index in [0.29, 0.717) is 0 Å². The molecule has 0 heterocycles. The first-order chi connectivity index (χ1) is 4.41. The standard InChI is InChI=1S/C4H11NO4.Na.H/c6-1-3-8-5-9-4-2-7;;/h5-7H,1-4H2;;/q;+1;-1. The molecule has 6 heteroatoms. The van der Waals surface area contributed by atoms with Crippen molar-refractivity contribution < 1.29 is 50.9 Å². The van der Waals surface area contributed by atoms with Gasteiger partial charge in [0.1, 0.15) is 0 Å². The largest absolute Gasteiger partial charge is 1.00 e. The second kappa shape index (κ2) is 12.5. The molecule has 0 saturated heterocycles. The quantitative estimate of drug-likeness (QED) is 0.208. The van der Waals surface area contributed by atoms with Crippen LogP contribution in [0, 0.1) is 0 Å². The fraction of sp³-hybridized carbons (Fsp3) is 1.00. The Labute approximate surface area is 83.0 Å². The van der Waals surface area contributed by atoms with E-state index in [1.165, 1.54) is 0 Å². The second-order valence-corrected chi connectivity index (χ2v) is 1.23. The van der Waals surface area contributed by atoms with Gasteiger partial charge in [0.15, 0.2) is 0 Å². The molecule has 58 valence electrons. The summed E-state index contributed by atoms with van der Waals surface area (Å²) in [7, 11) is 0. The molecule has 0 aliphatic rings. The van der Waals surface area contributed by atoms with Crippen LogP contribution in [0.5, 0.6) is 0 Å². The van der Waals surface area contributed by atoms with Crippen LogP contribution in [0.25, 0.3) is 0 Å². The van der Waals surface area contributed by atoms with Gasteiger partial charge in [-0.3, -0.25) is 9.68 Å². The Hall–Kier alpha value is 0.800. The van der Waals surface area contributed by atoms with Gasteiger partial charge in [0.25, 0.3) is 0 Å². The van der Waals surface area contributed by atoms with Crippen molar-refractivity contribution >= 4 is 0 Å². The van der Waals surface area contributed by atoms with E-state index in [1.54, 1.807) is 0 Å².